The number of likely N-dealkylation sites (tertiary alicyclic amines) is 1. The number of ether oxygens (including phenoxy) is 1. The van der Waals surface area contributed by atoms with E-state index in [9.17, 15) is 0 Å². The van der Waals surface area contributed by atoms with Crippen molar-refractivity contribution in [3.05, 3.63) is 28.5 Å². The molecule has 0 aliphatic carbocycles. The van der Waals surface area contributed by atoms with Crippen molar-refractivity contribution in [2.24, 2.45) is 0 Å². The van der Waals surface area contributed by atoms with E-state index in [1.54, 1.807) is 0 Å². The molecule has 1 aromatic heterocycles. The predicted octanol–water partition coefficient (Wildman–Crippen LogP) is 1.75. The number of nitrogens with zero attached hydrogens (tertiary/aromatic N) is 3. The third-order valence-corrected chi connectivity index (χ3v) is 4.41. The molecule has 104 valence electrons. The van der Waals surface area contributed by atoms with Crippen molar-refractivity contribution in [1.29, 1.82) is 0 Å². The lowest BCUT2D eigenvalue weighted by molar-refractivity contribution is 0.0184. The Kier molecular flexibility index (Phi) is 4.48. The quantitative estimate of drug-likeness (QED) is 0.846. The lowest BCUT2D eigenvalue weighted by Crippen LogP contribution is -2.44. The van der Waals surface area contributed by atoms with Gasteiger partial charge in [0.05, 0.1) is 13.2 Å². The van der Waals surface area contributed by atoms with Crippen molar-refractivity contribution in [2.45, 2.75) is 19.0 Å². The van der Waals surface area contributed by atoms with Gasteiger partial charge in [-0.25, -0.2) is 0 Å². The standard InChI is InChI=1S/C14H20BrN3O/c15-13-7-12(8-16-9-13)10-17-2-1-14(11-17)18-3-5-19-6-4-18/h7-9,14H,1-6,10-11H2. The molecule has 2 aliphatic rings. The summed E-state index contributed by atoms with van der Waals surface area (Å²) in [5, 5.41) is 0. The van der Waals surface area contributed by atoms with Gasteiger partial charge < -0.3 is 4.74 Å². The van der Waals surface area contributed by atoms with E-state index >= 15 is 0 Å². The Bertz CT molecular complexity index is 423. The highest BCUT2D eigenvalue weighted by molar-refractivity contribution is 9.10. The van der Waals surface area contributed by atoms with E-state index in [0.29, 0.717) is 6.04 Å². The van der Waals surface area contributed by atoms with Gasteiger partial charge in [0.1, 0.15) is 0 Å². The smallest absolute Gasteiger partial charge is 0.0594 e. The molecule has 0 saturated carbocycles. The first-order valence-electron chi connectivity index (χ1n) is 6.95. The molecule has 5 heteroatoms. The molecule has 0 bridgehead atoms. The summed E-state index contributed by atoms with van der Waals surface area (Å²) >= 11 is 3.48. The summed E-state index contributed by atoms with van der Waals surface area (Å²) in [5.74, 6) is 0. The predicted molar refractivity (Wildman–Crippen MR) is 78.0 cm³/mol. The first-order valence-corrected chi connectivity index (χ1v) is 7.74. The van der Waals surface area contributed by atoms with Crippen LogP contribution < -0.4 is 0 Å². The van der Waals surface area contributed by atoms with Crippen LogP contribution in [0.4, 0.5) is 0 Å². The van der Waals surface area contributed by atoms with Gasteiger partial charge in [-0.3, -0.25) is 14.8 Å². The summed E-state index contributed by atoms with van der Waals surface area (Å²) in [6.45, 7) is 7.35. The molecule has 19 heavy (non-hydrogen) atoms. The van der Waals surface area contributed by atoms with Crippen LogP contribution in [0.2, 0.25) is 0 Å². The molecule has 4 nitrogen and oxygen atoms in total. The number of morpholine rings is 1. The van der Waals surface area contributed by atoms with E-state index in [0.717, 1.165) is 37.3 Å². The van der Waals surface area contributed by atoms with Crippen molar-refractivity contribution in [2.75, 3.05) is 39.4 Å². The molecule has 0 N–H and O–H groups in total. The number of pyridine rings is 1. The van der Waals surface area contributed by atoms with Crippen molar-refractivity contribution < 1.29 is 4.74 Å². The maximum absolute atomic E-state index is 5.43. The maximum atomic E-state index is 5.43. The fourth-order valence-corrected chi connectivity index (χ4v) is 3.41. The molecule has 0 radical (unpaired) electrons. The highest BCUT2D eigenvalue weighted by atomic mass is 79.9. The van der Waals surface area contributed by atoms with Crippen LogP contribution in [0.3, 0.4) is 0 Å². The van der Waals surface area contributed by atoms with Gasteiger partial charge in [-0.15, -0.1) is 0 Å². The maximum Gasteiger partial charge on any atom is 0.0594 e. The Hall–Kier alpha value is -0.490. The summed E-state index contributed by atoms with van der Waals surface area (Å²) in [6.07, 6.45) is 5.08. The topological polar surface area (TPSA) is 28.6 Å². The van der Waals surface area contributed by atoms with Gasteiger partial charge in [-0.05, 0) is 34.0 Å². The zero-order valence-corrected chi connectivity index (χ0v) is 12.7. The monoisotopic (exact) mass is 325 g/mol. The van der Waals surface area contributed by atoms with Gasteiger partial charge >= 0.3 is 0 Å². The zero-order chi connectivity index (χ0) is 13.1. The summed E-state index contributed by atoms with van der Waals surface area (Å²) in [6, 6.07) is 2.87. The lowest BCUT2D eigenvalue weighted by Gasteiger charge is -2.32. The van der Waals surface area contributed by atoms with Crippen LogP contribution in [0.1, 0.15) is 12.0 Å². The Labute approximate surface area is 122 Å². The average molecular weight is 326 g/mol. The summed E-state index contributed by atoms with van der Waals surface area (Å²) in [4.78, 5) is 9.35. The molecule has 2 fully saturated rings. The van der Waals surface area contributed by atoms with Crippen LogP contribution in [0.15, 0.2) is 22.9 Å². The van der Waals surface area contributed by atoms with Gasteiger partial charge in [0.2, 0.25) is 0 Å². The molecule has 0 spiro atoms. The SMILES string of the molecule is Brc1cncc(CN2CCC(N3CCOCC3)C2)c1. The fraction of sp³-hybridized carbons (Fsp3) is 0.643. The largest absolute Gasteiger partial charge is 0.379 e. The molecule has 1 atom stereocenters. The minimum Gasteiger partial charge on any atom is -0.379 e. The van der Waals surface area contributed by atoms with E-state index in [4.69, 9.17) is 4.74 Å². The Morgan fingerprint density at radius 1 is 1.26 bits per heavy atom. The van der Waals surface area contributed by atoms with Crippen LogP contribution in [0.5, 0.6) is 0 Å². The van der Waals surface area contributed by atoms with Crippen molar-refractivity contribution in [3.8, 4) is 0 Å². The number of halogens is 1. The second-order valence-electron chi connectivity index (χ2n) is 5.34. The summed E-state index contributed by atoms with van der Waals surface area (Å²) in [5.41, 5.74) is 1.29. The van der Waals surface area contributed by atoms with Crippen molar-refractivity contribution in [3.63, 3.8) is 0 Å². The van der Waals surface area contributed by atoms with Crippen molar-refractivity contribution in [1.82, 2.24) is 14.8 Å². The first-order chi connectivity index (χ1) is 9.31. The minimum atomic E-state index is 0.712. The third kappa shape index (κ3) is 3.54. The van der Waals surface area contributed by atoms with Gasteiger partial charge in [0.25, 0.3) is 0 Å². The molecular formula is C14H20BrN3O. The molecule has 2 aliphatic heterocycles. The van der Waals surface area contributed by atoms with Gasteiger partial charge in [0, 0.05) is 55.6 Å². The Balaban J connectivity index is 1.54. The van der Waals surface area contributed by atoms with E-state index in [1.807, 2.05) is 12.4 Å². The normalized spacial score (nSPS) is 25.8. The second-order valence-corrected chi connectivity index (χ2v) is 6.25. The lowest BCUT2D eigenvalue weighted by atomic mass is 10.2. The van der Waals surface area contributed by atoms with E-state index < -0.39 is 0 Å². The van der Waals surface area contributed by atoms with Gasteiger partial charge in [-0.1, -0.05) is 0 Å². The second kappa shape index (κ2) is 6.31. The van der Waals surface area contributed by atoms with Crippen molar-refractivity contribution >= 4 is 15.9 Å². The molecular weight excluding hydrogens is 306 g/mol. The highest BCUT2D eigenvalue weighted by Crippen LogP contribution is 2.19. The van der Waals surface area contributed by atoms with E-state index in [1.165, 1.54) is 25.1 Å². The number of hydrogen-bond donors (Lipinski definition) is 0. The molecule has 3 heterocycles. The number of aromatic nitrogens is 1. The van der Waals surface area contributed by atoms with Gasteiger partial charge in [-0.2, -0.15) is 0 Å². The third-order valence-electron chi connectivity index (χ3n) is 3.98. The van der Waals surface area contributed by atoms with Crippen LogP contribution in [0.25, 0.3) is 0 Å². The molecule has 1 unspecified atom stereocenters. The van der Waals surface area contributed by atoms with Crippen LogP contribution in [-0.2, 0) is 11.3 Å². The van der Waals surface area contributed by atoms with Gasteiger partial charge in [0.15, 0.2) is 0 Å². The fourth-order valence-electron chi connectivity index (χ4n) is 3.00. The number of hydrogen-bond acceptors (Lipinski definition) is 4. The number of rotatable bonds is 3. The Morgan fingerprint density at radius 3 is 2.89 bits per heavy atom. The first kappa shape index (κ1) is 13.5. The van der Waals surface area contributed by atoms with Crippen LogP contribution in [-0.4, -0.2) is 60.2 Å². The molecule has 2 saturated heterocycles. The van der Waals surface area contributed by atoms with Crippen LogP contribution in [0, 0.1) is 0 Å². The Morgan fingerprint density at radius 2 is 2.11 bits per heavy atom. The van der Waals surface area contributed by atoms with E-state index in [-0.39, 0.29) is 0 Å². The molecule has 0 aromatic carbocycles. The van der Waals surface area contributed by atoms with E-state index in [2.05, 4.69) is 36.8 Å². The zero-order valence-electron chi connectivity index (χ0n) is 11.1. The molecule has 1 aromatic rings. The molecule has 3 rings (SSSR count). The minimum absolute atomic E-state index is 0.712. The summed E-state index contributed by atoms with van der Waals surface area (Å²) in [7, 11) is 0. The highest BCUT2D eigenvalue weighted by Gasteiger charge is 2.28. The summed E-state index contributed by atoms with van der Waals surface area (Å²) < 4.78 is 6.49. The average Bonchev–Trinajstić information content (AvgIpc) is 2.88. The molecule has 0 amide bonds. The van der Waals surface area contributed by atoms with Crippen LogP contribution >= 0.6 is 15.9 Å².